The molecule has 71 heavy (non-hydrogen) atoms. The van der Waals surface area contributed by atoms with E-state index in [9.17, 15) is 21.9 Å². The number of aryl methyl sites for hydroxylation is 1. The monoisotopic (exact) mass is 978 g/mol. The second kappa shape index (κ2) is 18.8. The summed E-state index contributed by atoms with van der Waals surface area (Å²) in [4.78, 5) is 0.393. The second-order valence-electron chi connectivity index (χ2n) is 18.4. The lowest BCUT2D eigenvalue weighted by Crippen LogP contribution is -2.48. The van der Waals surface area contributed by atoms with E-state index in [-0.39, 0.29) is 31.2 Å². The third-order valence-corrected chi connectivity index (χ3v) is 16.8. The average Bonchev–Trinajstić information content (AvgIpc) is 3.35. The first-order chi connectivity index (χ1) is 33.9. The van der Waals surface area contributed by atoms with Gasteiger partial charge in [0, 0.05) is 22.2 Å². The van der Waals surface area contributed by atoms with E-state index in [4.69, 9.17) is 19.9 Å². The molecule has 358 valence electrons. The average molecular weight is 979 g/mol. The Morgan fingerprint density at radius 2 is 1.04 bits per heavy atom. The lowest BCUT2D eigenvalue weighted by Gasteiger charge is -2.49. The van der Waals surface area contributed by atoms with Gasteiger partial charge in [-0.15, -0.1) is 5.75 Å². The maximum atomic E-state index is 13.8. The molecule has 0 saturated heterocycles. The molecule has 0 spiro atoms. The molecule has 0 aromatic heterocycles. The summed E-state index contributed by atoms with van der Waals surface area (Å²) in [7, 11) is -7.67. The standard InChI is InChI=1S/C60H53NO8S2/c1-7-8-43-37-44(16-36-57(43)68-49-23-31-53(32-24-49)70(63,64)51-27-17-46(62)18-28-51)59(4,5)45-15-35-56-55(38-45)58(40(3)61)60(56,6)69-50-25-33-54(34-26-50)71(65,66)52-29-21-48(22-30-52)67-47-19-13-42(14-20-47)41-11-9-39(2)10-12-41/h7-38,58,62H,3,61H2,1-2,4-6H3/p-1/b8-7+. The van der Waals surface area contributed by atoms with Crippen LogP contribution in [0.5, 0.6) is 34.5 Å². The van der Waals surface area contributed by atoms with Gasteiger partial charge in [-0.2, -0.15) is 0 Å². The minimum Gasteiger partial charge on any atom is -0.872 e. The normalized spacial score (nSPS) is 15.6. The van der Waals surface area contributed by atoms with Crippen molar-refractivity contribution in [2.75, 3.05) is 0 Å². The Bertz CT molecular complexity index is 3530. The van der Waals surface area contributed by atoms with Gasteiger partial charge in [-0.1, -0.05) is 111 Å². The zero-order valence-electron chi connectivity index (χ0n) is 39.9. The van der Waals surface area contributed by atoms with Gasteiger partial charge in [-0.05, 0) is 158 Å². The number of benzene rings is 8. The number of ether oxygens (including phenoxy) is 3. The van der Waals surface area contributed by atoms with E-state index in [1.54, 1.807) is 60.7 Å². The molecule has 0 fully saturated rings. The number of allylic oxidation sites excluding steroid dienone is 1. The molecule has 0 heterocycles. The summed E-state index contributed by atoms with van der Waals surface area (Å²) >= 11 is 0. The van der Waals surface area contributed by atoms with Gasteiger partial charge in [-0.25, -0.2) is 16.8 Å². The predicted octanol–water partition coefficient (Wildman–Crippen LogP) is 13.2. The first-order valence-corrected chi connectivity index (χ1v) is 26.0. The van der Waals surface area contributed by atoms with Crippen molar-refractivity contribution in [3.63, 3.8) is 0 Å². The molecule has 0 saturated carbocycles. The van der Waals surface area contributed by atoms with Crippen LogP contribution in [-0.2, 0) is 30.7 Å². The molecule has 0 radical (unpaired) electrons. The topological polar surface area (TPSA) is 145 Å². The number of sulfone groups is 2. The fourth-order valence-corrected chi connectivity index (χ4v) is 11.6. The highest BCUT2D eigenvalue weighted by atomic mass is 32.2. The van der Waals surface area contributed by atoms with Crippen LogP contribution in [0.3, 0.4) is 0 Å². The molecular weight excluding hydrogens is 927 g/mol. The summed E-state index contributed by atoms with van der Waals surface area (Å²) in [5, 5.41) is 11.5. The van der Waals surface area contributed by atoms with E-state index in [2.05, 4.69) is 75.9 Å². The zero-order valence-corrected chi connectivity index (χ0v) is 41.6. The SMILES string of the molecule is C=C(N)C1c2cc(C(C)(C)c3ccc(Oc4ccc(S(=O)(=O)c5ccc([O-])cc5)cc4)c(/C=C/C)c3)ccc2C1(C)Oc1ccc(S(=O)(=O)c2ccc(Oc3ccc(-c4ccc(C)cc4)cc3)cc2)cc1. The number of nitrogens with two attached hydrogens (primary N) is 1. The third-order valence-electron chi connectivity index (χ3n) is 13.2. The summed E-state index contributed by atoms with van der Waals surface area (Å²) in [5.41, 5.74) is 13.9. The number of rotatable bonds is 15. The maximum Gasteiger partial charge on any atom is 0.206 e. The van der Waals surface area contributed by atoms with Crippen molar-refractivity contribution < 1.29 is 36.2 Å². The van der Waals surface area contributed by atoms with Crippen molar-refractivity contribution in [3.8, 4) is 45.6 Å². The first-order valence-electron chi connectivity index (χ1n) is 23.0. The molecule has 0 amide bonds. The molecule has 9 nitrogen and oxygen atoms in total. The van der Waals surface area contributed by atoms with E-state index in [0.717, 1.165) is 38.9 Å². The van der Waals surface area contributed by atoms with E-state index in [1.807, 2.05) is 62.4 Å². The highest BCUT2D eigenvalue weighted by Gasteiger charge is 2.52. The summed E-state index contributed by atoms with van der Waals surface area (Å²) in [6.45, 7) is 14.4. The van der Waals surface area contributed by atoms with Crippen LogP contribution in [0.15, 0.2) is 220 Å². The number of hydrogen-bond donors (Lipinski definition) is 1. The first kappa shape index (κ1) is 48.2. The summed E-state index contributed by atoms with van der Waals surface area (Å²) < 4.78 is 72.9. The Morgan fingerprint density at radius 1 is 0.606 bits per heavy atom. The Balaban J connectivity index is 0.877. The van der Waals surface area contributed by atoms with Gasteiger partial charge in [0.25, 0.3) is 0 Å². The predicted molar refractivity (Wildman–Crippen MR) is 277 cm³/mol. The van der Waals surface area contributed by atoms with Crippen molar-refractivity contribution in [1.82, 2.24) is 0 Å². The maximum absolute atomic E-state index is 13.8. The van der Waals surface area contributed by atoms with Crippen LogP contribution in [0, 0.1) is 6.92 Å². The molecule has 2 N–H and O–H groups in total. The Morgan fingerprint density at radius 3 is 1.55 bits per heavy atom. The highest BCUT2D eigenvalue weighted by Crippen LogP contribution is 2.55. The van der Waals surface area contributed by atoms with Crippen LogP contribution in [0.1, 0.15) is 67.0 Å². The summed E-state index contributed by atoms with van der Waals surface area (Å²) in [6.07, 6.45) is 3.89. The molecule has 0 bridgehead atoms. The molecule has 2 atom stereocenters. The smallest absolute Gasteiger partial charge is 0.206 e. The Labute approximate surface area is 416 Å². The van der Waals surface area contributed by atoms with Crippen LogP contribution >= 0.6 is 0 Å². The van der Waals surface area contributed by atoms with Crippen LogP contribution in [0.4, 0.5) is 0 Å². The fourth-order valence-electron chi connectivity index (χ4n) is 9.11. The molecular formula is C60H52NO8S2-. The molecule has 8 aromatic carbocycles. The van der Waals surface area contributed by atoms with E-state index < -0.39 is 30.7 Å². The Kier molecular flexibility index (Phi) is 12.8. The van der Waals surface area contributed by atoms with E-state index in [1.165, 1.54) is 42.0 Å². The molecule has 9 rings (SSSR count). The van der Waals surface area contributed by atoms with Gasteiger partial charge >= 0.3 is 0 Å². The minimum absolute atomic E-state index is 0.0413. The fraction of sp³-hybridized carbons (Fsp3) is 0.133. The van der Waals surface area contributed by atoms with Gasteiger partial charge in [0.15, 0.2) is 0 Å². The molecule has 2 unspecified atom stereocenters. The molecule has 1 aliphatic rings. The van der Waals surface area contributed by atoms with Gasteiger partial charge in [-0.3, -0.25) is 0 Å². The minimum atomic E-state index is -3.85. The summed E-state index contributed by atoms with van der Waals surface area (Å²) in [6, 6.07) is 52.5. The van der Waals surface area contributed by atoms with Crippen LogP contribution in [-0.4, -0.2) is 16.8 Å². The van der Waals surface area contributed by atoms with Crippen molar-refractivity contribution in [1.29, 1.82) is 0 Å². The van der Waals surface area contributed by atoms with Crippen molar-refractivity contribution in [2.45, 2.75) is 71.1 Å². The van der Waals surface area contributed by atoms with Crippen LogP contribution in [0.25, 0.3) is 17.2 Å². The zero-order chi connectivity index (χ0) is 50.3. The molecule has 0 aliphatic heterocycles. The quantitative estimate of drug-likeness (QED) is 0.106. The van der Waals surface area contributed by atoms with E-state index >= 15 is 0 Å². The lowest BCUT2D eigenvalue weighted by atomic mass is 9.62. The van der Waals surface area contributed by atoms with Gasteiger partial charge in [0.05, 0.1) is 25.5 Å². The van der Waals surface area contributed by atoms with Crippen LogP contribution < -0.4 is 25.1 Å². The van der Waals surface area contributed by atoms with Gasteiger partial charge in [0.2, 0.25) is 19.7 Å². The van der Waals surface area contributed by atoms with E-state index in [0.29, 0.717) is 34.4 Å². The van der Waals surface area contributed by atoms with Gasteiger partial charge in [0.1, 0.15) is 34.3 Å². The number of hydrogen-bond acceptors (Lipinski definition) is 9. The van der Waals surface area contributed by atoms with Crippen molar-refractivity contribution in [2.24, 2.45) is 5.73 Å². The molecule has 8 aromatic rings. The van der Waals surface area contributed by atoms with Gasteiger partial charge < -0.3 is 25.1 Å². The van der Waals surface area contributed by atoms with Crippen molar-refractivity contribution in [3.05, 3.63) is 234 Å². The number of fused-ring (bicyclic) bond motifs is 1. The second-order valence-corrected chi connectivity index (χ2v) is 22.3. The van der Waals surface area contributed by atoms with Crippen molar-refractivity contribution >= 4 is 25.8 Å². The third kappa shape index (κ3) is 9.46. The molecule has 11 heteroatoms. The summed E-state index contributed by atoms with van der Waals surface area (Å²) in [5.74, 6) is 2.08. The lowest BCUT2D eigenvalue weighted by molar-refractivity contribution is -0.268. The Hall–Kier alpha value is -7.86. The van der Waals surface area contributed by atoms with Crippen LogP contribution in [0.2, 0.25) is 0 Å². The largest absolute Gasteiger partial charge is 0.872 e. The highest BCUT2D eigenvalue weighted by molar-refractivity contribution is 7.91. The molecule has 1 aliphatic carbocycles.